The molecule has 0 bridgehead atoms. The van der Waals surface area contributed by atoms with Gasteiger partial charge in [-0.1, -0.05) is 35.9 Å². The van der Waals surface area contributed by atoms with Crippen LogP contribution in [0.5, 0.6) is 0 Å². The van der Waals surface area contributed by atoms with Crippen molar-refractivity contribution in [3.8, 4) is 11.1 Å². The van der Waals surface area contributed by atoms with Crippen LogP contribution in [0.3, 0.4) is 0 Å². The minimum Gasteiger partial charge on any atom is -0.368 e. The summed E-state index contributed by atoms with van der Waals surface area (Å²) in [5, 5.41) is 6.02. The van der Waals surface area contributed by atoms with E-state index in [0.29, 0.717) is 33.3 Å². The minimum absolute atomic E-state index is 0.0433. The van der Waals surface area contributed by atoms with E-state index < -0.39 is 10.0 Å². The number of nitrogens with one attached hydrogen (secondary N) is 2. The van der Waals surface area contributed by atoms with Crippen LogP contribution < -0.4 is 10.6 Å². The van der Waals surface area contributed by atoms with Crippen molar-refractivity contribution in [1.82, 2.24) is 14.9 Å². The Morgan fingerprint density at radius 2 is 1.85 bits per heavy atom. The van der Waals surface area contributed by atoms with Crippen molar-refractivity contribution in [3.05, 3.63) is 65.4 Å². The molecule has 0 saturated heterocycles. The number of hydrogen-bond acceptors (Lipinski definition) is 6. The first-order valence-electron chi connectivity index (χ1n) is 9.84. The van der Waals surface area contributed by atoms with E-state index in [9.17, 15) is 13.2 Å². The molecule has 1 aromatic heterocycles. The standard InChI is InChI=1S/C22H23ClN6O3S/c1-24-22-25-12-16(13-26-22)18-9-8-17(11-20(18)33(31,32)27-14-29(2)3)28-21(30)10-15-6-4-5-7-19(15)23/h4-9,11-14H,10H2,1-3H3,(H,28,30)(H,24,25,26). The van der Waals surface area contributed by atoms with Crippen LogP contribution in [0.15, 0.2) is 64.2 Å². The van der Waals surface area contributed by atoms with Gasteiger partial charge in [0.05, 0.1) is 11.3 Å². The maximum absolute atomic E-state index is 13.0. The normalized spacial score (nSPS) is 11.4. The van der Waals surface area contributed by atoms with E-state index in [2.05, 4.69) is 25.0 Å². The molecule has 2 aromatic carbocycles. The second-order valence-corrected chi connectivity index (χ2v) is 9.24. The molecule has 0 saturated carbocycles. The number of anilines is 2. The molecule has 0 spiro atoms. The fraction of sp³-hybridized carbons (Fsp3) is 0.182. The van der Waals surface area contributed by atoms with Crippen LogP contribution in [-0.2, 0) is 21.2 Å². The maximum Gasteiger partial charge on any atom is 0.284 e. The number of nitrogens with zero attached hydrogens (tertiary/aromatic N) is 4. The molecule has 1 amide bonds. The average Bonchev–Trinajstić information content (AvgIpc) is 2.79. The van der Waals surface area contributed by atoms with E-state index >= 15 is 0 Å². The summed E-state index contributed by atoms with van der Waals surface area (Å²) < 4.78 is 29.8. The summed E-state index contributed by atoms with van der Waals surface area (Å²) in [5.74, 6) is 0.0648. The third-order valence-electron chi connectivity index (χ3n) is 4.46. The van der Waals surface area contributed by atoms with E-state index in [1.807, 2.05) is 0 Å². The highest BCUT2D eigenvalue weighted by Gasteiger charge is 2.21. The molecule has 0 aliphatic heterocycles. The number of aromatic nitrogens is 2. The SMILES string of the molecule is CNc1ncc(-c2ccc(NC(=O)Cc3ccccc3Cl)cc2S(=O)(=O)N=CN(C)C)cn1. The lowest BCUT2D eigenvalue weighted by Crippen LogP contribution is -2.15. The Kier molecular flexibility index (Phi) is 7.62. The van der Waals surface area contributed by atoms with Crippen LogP contribution in [-0.4, -0.2) is 56.7 Å². The molecule has 1 heterocycles. The Balaban J connectivity index is 1.98. The third-order valence-corrected chi connectivity index (χ3v) is 6.09. The zero-order valence-corrected chi connectivity index (χ0v) is 19.9. The molecule has 9 nitrogen and oxygen atoms in total. The Bertz CT molecular complexity index is 1280. The molecular formula is C22H23ClN6O3S. The molecular weight excluding hydrogens is 464 g/mol. The lowest BCUT2D eigenvalue weighted by atomic mass is 10.1. The Labute approximate surface area is 197 Å². The van der Waals surface area contributed by atoms with Crippen molar-refractivity contribution >= 4 is 45.5 Å². The van der Waals surface area contributed by atoms with Crippen LogP contribution in [0.25, 0.3) is 11.1 Å². The molecule has 2 N–H and O–H groups in total. The number of halogens is 1. The van der Waals surface area contributed by atoms with Crippen molar-refractivity contribution < 1.29 is 13.2 Å². The molecule has 33 heavy (non-hydrogen) atoms. The van der Waals surface area contributed by atoms with E-state index in [4.69, 9.17) is 11.6 Å². The van der Waals surface area contributed by atoms with E-state index in [0.717, 1.165) is 0 Å². The highest BCUT2D eigenvalue weighted by atomic mass is 35.5. The van der Waals surface area contributed by atoms with Crippen LogP contribution in [0.1, 0.15) is 5.56 Å². The lowest BCUT2D eigenvalue weighted by molar-refractivity contribution is -0.115. The molecule has 0 unspecified atom stereocenters. The van der Waals surface area contributed by atoms with Crippen molar-refractivity contribution in [2.45, 2.75) is 11.3 Å². The largest absolute Gasteiger partial charge is 0.368 e. The highest BCUT2D eigenvalue weighted by Crippen LogP contribution is 2.31. The Morgan fingerprint density at radius 3 is 2.48 bits per heavy atom. The number of hydrogen-bond donors (Lipinski definition) is 2. The summed E-state index contributed by atoms with van der Waals surface area (Å²) in [6.07, 6.45) is 4.26. The molecule has 0 radical (unpaired) electrons. The van der Waals surface area contributed by atoms with E-state index in [-0.39, 0.29) is 17.2 Å². The quantitative estimate of drug-likeness (QED) is 0.370. The molecule has 3 aromatic rings. The minimum atomic E-state index is -4.09. The van der Waals surface area contributed by atoms with Gasteiger partial charge >= 0.3 is 0 Å². The van der Waals surface area contributed by atoms with Gasteiger partial charge in [-0.25, -0.2) is 9.97 Å². The first-order valence-corrected chi connectivity index (χ1v) is 11.7. The van der Waals surface area contributed by atoms with Gasteiger partial charge in [0.1, 0.15) is 6.34 Å². The fourth-order valence-corrected chi connectivity index (χ4v) is 4.25. The number of carbonyl (C=O) groups excluding carboxylic acids is 1. The van der Waals surface area contributed by atoms with Crippen molar-refractivity contribution in [3.63, 3.8) is 0 Å². The highest BCUT2D eigenvalue weighted by molar-refractivity contribution is 7.90. The van der Waals surface area contributed by atoms with Crippen LogP contribution in [0.4, 0.5) is 11.6 Å². The number of benzene rings is 2. The second kappa shape index (κ2) is 10.4. The Hall–Kier alpha value is -3.50. The van der Waals surface area contributed by atoms with Crippen molar-refractivity contribution in [2.24, 2.45) is 4.40 Å². The molecule has 11 heteroatoms. The number of carbonyl (C=O) groups is 1. The lowest BCUT2D eigenvalue weighted by Gasteiger charge is -2.12. The summed E-state index contributed by atoms with van der Waals surface area (Å²) in [6.45, 7) is 0. The zero-order valence-electron chi connectivity index (χ0n) is 18.3. The van der Waals surface area contributed by atoms with Gasteiger partial charge < -0.3 is 15.5 Å². The van der Waals surface area contributed by atoms with Gasteiger partial charge in [0.25, 0.3) is 10.0 Å². The summed E-state index contributed by atoms with van der Waals surface area (Å²) in [6, 6.07) is 11.6. The second-order valence-electron chi connectivity index (χ2n) is 7.23. The summed E-state index contributed by atoms with van der Waals surface area (Å²) >= 11 is 6.13. The van der Waals surface area contributed by atoms with Gasteiger partial charge in [0.15, 0.2) is 0 Å². The van der Waals surface area contributed by atoms with Gasteiger partial charge in [-0.3, -0.25) is 4.79 Å². The first-order chi connectivity index (χ1) is 15.7. The molecule has 0 aliphatic carbocycles. The average molecular weight is 487 g/mol. The van der Waals surface area contributed by atoms with E-state index in [1.165, 1.54) is 29.7 Å². The predicted molar refractivity (Wildman–Crippen MR) is 130 cm³/mol. The fourth-order valence-electron chi connectivity index (χ4n) is 2.88. The summed E-state index contributed by atoms with van der Waals surface area (Å²) in [5.41, 5.74) is 1.82. The summed E-state index contributed by atoms with van der Waals surface area (Å²) in [4.78, 5) is 22.3. The van der Waals surface area contributed by atoms with Crippen LogP contribution in [0.2, 0.25) is 5.02 Å². The van der Waals surface area contributed by atoms with E-state index in [1.54, 1.807) is 57.5 Å². The van der Waals surface area contributed by atoms with Crippen LogP contribution in [0, 0.1) is 0 Å². The number of amides is 1. The van der Waals surface area contributed by atoms with Gasteiger partial charge in [0, 0.05) is 55.4 Å². The van der Waals surface area contributed by atoms with Gasteiger partial charge in [-0.2, -0.15) is 8.42 Å². The Morgan fingerprint density at radius 1 is 1.15 bits per heavy atom. The maximum atomic E-state index is 13.0. The first kappa shape index (κ1) is 24.1. The number of sulfonamides is 1. The van der Waals surface area contributed by atoms with Crippen molar-refractivity contribution in [1.29, 1.82) is 0 Å². The smallest absolute Gasteiger partial charge is 0.284 e. The van der Waals surface area contributed by atoms with Gasteiger partial charge in [-0.05, 0) is 23.8 Å². The molecule has 0 fully saturated rings. The molecule has 172 valence electrons. The molecule has 3 rings (SSSR count). The summed E-state index contributed by atoms with van der Waals surface area (Å²) in [7, 11) is 0.917. The molecule has 0 atom stereocenters. The predicted octanol–water partition coefficient (Wildman–Crippen LogP) is 3.30. The monoisotopic (exact) mass is 486 g/mol. The zero-order chi connectivity index (χ0) is 24.0. The number of rotatable bonds is 8. The van der Waals surface area contributed by atoms with Gasteiger partial charge in [-0.15, -0.1) is 4.40 Å². The topological polar surface area (TPSA) is 117 Å². The van der Waals surface area contributed by atoms with Crippen molar-refractivity contribution in [2.75, 3.05) is 31.8 Å². The van der Waals surface area contributed by atoms with Crippen LogP contribution >= 0.6 is 11.6 Å². The van der Waals surface area contributed by atoms with Gasteiger partial charge in [0.2, 0.25) is 11.9 Å². The molecule has 0 aliphatic rings. The third kappa shape index (κ3) is 6.27.